The molecule has 130 valence electrons. The normalized spacial score (nSPS) is 11.6. The minimum atomic E-state index is -3.70. The molecule has 0 fully saturated rings. The largest absolute Gasteiger partial charge is 0.356 e. The molecule has 0 aliphatic rings. The molecule has 3 rings (SSSR count). The zero-order chi connectivity index (χ0) is 18.0. The first-order valence-corrected chi connectivity index (χ1v) is 9.50. The maximum atomic E-state index is 12.7. The van der Waals surface area contributed by atoms with Gasteiger partial charge in [0.15, 0.2) is 5.76 Å². The molecule has 0 bridgehead atoms. The van der Waals surface area contributed by atoms with Crippen LogP contribution in [-0.2, 0) is 16.6 Å². The second-order valence-corrected chi connectivity index (χ2v) is 7.87. The molecule has 0 saturated carbocycles. The van der Waals surface area contributed by atoms with E-state index in [1.165, 1.54) is 0 Å². The zero-order valence-electron chi connectivity index (χ0n) is 13.8. The Labute approximate surface area is 151 Å². The molecule has 1 heterocycles. The van der Waals surface area contributed by atoms with Gasteiger partial charge in [-0.15, -0.1) is 0 Å². The van der Waals surface area contributed by atoms with Gasteiger partial charge in [-0.2, -0.15) is 0 Å². The highest BCUT2D eigenvalue weighted by Gasteiger charge is 2.19. The summed E-state index contributed by atoms with van der Waals surface area (Å²) in [6.45, 7) is 3.68. The van der Waals surface area contributed by atoms with Gasteiger partial charge in [-0.1, -0.05) is 47.1 Å². The highest BCUT2D eigenvalue weighted by Crippen LogP contribution is 2.26. The Morgan fingerprint density at radius 3 is 2.56 bits per heavy atom. The molecule has 0 saturated heterocycles. The van der Waals surface area contributed by atoms with Crippen LogP contribution >= 0.6 is 11.6 Å². The maximum absolute atomic E-state index is 12.7. The molecule has 0 amide bonds. The van der Waals surface area contributed by atoms with Crippen LogP contribution in [0.4, 0.5) is 0 Å². The van der Waals surface area contributed by atoms with Crippen LogP contribution in [0.3, 0.4) is 0 Å². The lowest BCUT2D eigenvalue weighted by molar-refractivity contribution is 0.427. The first kappa shape index (κ1) is 17.7. The molecule has 0 atom stereocenters. The monoisotopic (exact) mass is 376 g/mol. The van der Waals surface area contributed by atoms with Crippen molar-refractivity contribution in [1.29, 1.82) is 0 Å². The Morgan fingerprint density at radius 1 is 1.12 bits per heavy atom. The van der Waals surface area contributed by atoms with E-state index in [4.69, 9.17) is 16.1 Å². The van der Waals surface area contributed by atoms with Gasteiger partial charge in [0.25, 0.3) is 0 Å². The third-order valence-corrected chi connectivity index (χ3v) is 5.71. The van der Waals surface area contributed by atoms with Gasteiger partial charge in [0, 0.05) is 23.2 Å². The van der Waals surface area contributed by atoms with Crippen molar-refractivity contribution in [3.05, 3.63) is 70.4 Å². The maximum Gasteiger partial charge on any atom is 0.241 e. The van der Waals surface area contributed by atoms with Crippen molar-refractivity contribution in [3.63, 3.8) is 0 Å². The Bertz CT molecular complexity index is 1010. The predicted octanol–water partition coefficient (Wildman–Crippen LogP) is 4.09. The van der Waals surface area contributed by atoms with E-state index in [2.05, 4.69) is 9.88 Å². The highest BCUT2D eigenvalue weighted by molar-refractivity contribution is 7.89. The number of hydrogen-bond acceptors (Lipinski definition) is 4. The van der Waals surface area contributed by atoms with Gasteiger partial charge in [0.1, 0.15) is 0 Å². The van der Waals surface area contributed by atoms with E-state index < -0.39 is 10.0 Å². The van der Waals surface area contributed by atoms with Gasteiger partial charge in [-0.05, 0) is 37.1 Å². The Hall–Kier alpha value is -2.15. The lowest BCUT2D eigenvalue weighted by Gasteiger charge is -2.11. The van der Waals surface area contributed by atoms with E-state index in [1.54, 1.807) is 43.3 Å². The molecule has 0 radical (unpaired) electrons. The number of rotatable bonds is 5. The summed E-state index contributed by atoms with van der Waals surface area (Å²) in [7, 11) is -3.70. The number of hydrogen-bond donors (Lipinski definition) is 1. The fourth-order valence-corrected chi connectivity index (χ4v) is 3.91. The first-order valence-electron chi connectivity index (χ1n) is 7.64. The smallest absolute Gasteiger partial charge is 0.241 e. The molecule has 0 aliphatic carbocycles. The van der Waals surface area contributed by atoms with Crippen LogP contribution in [0.5, 0.6) is 0 Å². The molecule has 25 heavy (non-hydrogen) atoms. The molecular formula is C18H17ClN2O3S. The fraction of sp³-hybridized carbons (Fsp3) is 0.167. The van der Waals surface area contributed by atoms with Crippen molar-refractivity contribution in [2.24, 2.45) is 0 Å². The van der Waals surface area contributed by atoms with Gasteiger partial charge in [0.05, 0.1) is 10.6 Å². The second kappa shape index (κ2) is 7.00. The van der Waals surface area contributed by atoms with E-state index in [-0.39, 0.29) is 11.4 Å². The summed E-state index contributed by atoms with van der Waals surface area (Å²) in [4.78, 5) is 0.200. The molecule has 0 spiro atoms. The topological polar surface area (TPSA) is 72.2 Å². The summed E-state index contributed by atoms with van der Waals surface area (Å²) < 4.78 is 33.3. The van der Waals surface area contributed by atoms with Crippen LogP contribution in [-0.4, -0.2) is 13.6 Å². The summed E-state index contributed by atoms with van der Waals surface area (Å²) in [5.74, 6) is 0.528. The molecule has 5 nitrogen and oxygen atoms in total. The van der Waals surface area contributed by atoms with Crippen molar-refractivity contribution >= 4 is 21.6 Å². The molecule has 1 aromatic heterocycles. The molecular weight excluding hydrogens is 360 g/mol. The van der Waals surface area contributed by atoms with E-state index in [0.717, 1.165) is 5.69 Å². The van der Waals surface area contributed by atoms with Crippen molar-refractivity contribution < 1.29 is 12.9 Å². The Morgan fingerprint density at radius 2 is 1.88 bits per heavy atom. The number of benzene rings is 2. The van der Waals surface area contributed by atoms with Crippen molar-refractivity contribution in [2.75, 3.05) is 0 Å². The van der Waals surface area contributed by atoms with Crippen LogP contribution < -0.4 is 4.72 Å². The van der Waals surface area contributed by atoms with Crippen LogP contribution in [0.15, 0.2) is 57.9 Å². The summed E-state index contributed by atoms with van der Waals surface area (Å²) >= 11 is 6.08. The van der Waals surface area contributed by atoms with E-state index in [0.29, 0.717) is 27.5 Å². The average Bonchev–Trinajstić information content (AvgIpc) is 3.01. The minimum absolute atomic E-state index is 0.118. The molecule has 3 aromatic rings. The quantitative estimate of drug-likeness (QED) is 0.727. The first-order chi connectivity index (χ1) is 11.9. The fourth-order valence-electron chi connectivity index (χ4n) is 2.43. The molecule has 0 unspecified atom stereocenters. The van der Waals surface area contributed by atoms with Crippen LogP contribution in [0.2, 0.25) is 5.02 Å². The van der Waals surface area contributed by atoms with Crippen molar-refractivity contribution in [1.82, 2.24) is 9.88 Å². The van der Waals surface area contributed by atoms with Crippen LogP contribution in [0, 0.1) is 13.8 Å². The SMILES string of the molecule is Cc1cc(-c2ccc(C)c(S(=O)(=O)NCc3ccccc3Cl)c2)on1. The van der Waals surface area contributed by atoms with Crippen LogP contribution in [0.1, 0.15) is 16.8 Å². The summed E-state index contributed by atoms with van der Waals surface area (Å²) in [5, 5.41) is 4.36. The van der Waals surface area contributed by atoms with Crippen molar-refractivity contribution in [3.8, 4) is 11.3 Å². The predicted molar refractivity (Wildman–Crippen MR) is 96.9 cm³/mol. The van der Waals surface area contributed by atoms with Gasteiger partial charge < -0.3 is 4.52 Å². The molecule has 2 aromatic carbocycles. The summed E-state index contributed by atoms with van der Waals surface area (Å²) in [6.07, 6.45) is 0. The molecule has 1 N–H and O–H groups in total. The summed E-state index contributed by atoms with van der Waals surface area (Å²) in [5.41, 5.74) is 2.75. The molecule has 0 aliphatic heterocycles. The van der Waals surface area contributed by atoms with E-state index in [9.17, 15) is 8.42 Å². The van der Waals surface area contributed by atoms with E-state index in [1.807, 2.05) is 19.1 Å². The summed E-state index contributed by atoms with van der Waals surface area (Å²) in [6, 6.07) is 14.0. The van der Waals surface area contributed by atoms with Gasteiger partial charge in [-0.3, -0.25) is 0 Å². The van der Waals surface area contributed by atoms with Gasteiger partial charge in [0.2, 0.25) is 10.0 Å². The number of nitrogens with zero attached hydrogens (tertiary/aromatic N) is 1. The lowest BCUT2D eigenvalue weighted by Crippen LogP contribution is -2.24. The third-order valence-electron chi connectivity index (χ3n) is 3.80. The minimum Gasteiger partial charge on any atom is -0.356 e. The number of sulfonamides is 1. The Kier molecular flexibility index (Phi) is 4.94. The van der Waals surface area contributed by atoms with Crippen LogP contribution in [0.25, 0.3) is 11.3 Å². The standard InChI is InChI=1S/C18H17ClN2O3S/c1-12-7-8-14(17-9-13(2)21-24-17)10-18(12)25(22,23)20-11-15-5-3-4-6-16(15)19/h3-10,20H,11H2,1-2H3. The number of aromatic nitrogens is 1. The number of aryl methyl sites for hydroxylation is 2. The number of nitrogens with one attached hydrogen (secondary N) is 1. The third kappa shape index (κ3) is 3.92. The Balaban J connectivity index is 1.90. The van der Waals surface area contributed by atoms with Gasteiger partial charge in [-0.25, -0.2) is 13.1 Å². The second-order valence-electron chi connectivity index (χ2n) is 5.73. The zero-order valence-corrected chi connectivity index (χ0v) is 15.4. The number of halogens is 1. The molecule has 7 heteroatoms. The average molecular weight is 377 g/mol. The van der Waals surface area contributed by atoms with E-state index >= 15 is 0 Å². The highest BCUT2D eigenvalue weighted by atomic mass is 35.5. The van der Waals surface area contributed by atoms with Gasteiger partial charge >= 0.3 is 0 Å². The lowest BCUT2D eigenvalue weighted by atomic mass is 10.1. The van der Waals surface area contributed by atoms with Crippen molar-refractivity contribution in [2.45, 2.75) is 25.3 Å².